The summed E-state index contributed by atoms with van der Waals surface area (Å²) in [6.45, 7) is 5.55. The van der Waals surface area contributed by atoms with E-state index in [0.29, 0.717) is 33.4 Å². The molecule has 3 aromatic carbocycles. The second-order valence-corrected chi connectivity index (χ2v) is 9.98. The summed E-state index contributed by atoms with van der Waals surface area (Å²) < 4.78 is 16.5. The molecule has 0 saturated heterocycles. The van der Waals surface area contributed by atoms with Crippen molar-refractivity contribution in [2.24, 2.45) is 0 Å². The minimum atomic E-state index is -0.861. The summed E-state index contributed by atoms with van der Waals surface area (Å²) >= 11 is 0. The van der Waals surface area contributed by atoms with Crippen molar-refractivity contribution in [1.82, 2.24) is 4.90 Å². The quantitative estimate of drug-likeness (QED) is 0.213. The highest BCUT2D eigenvalue weighted by molar-refractivity contribution is 6.16. The zero-order valence-electron chi connectivity index (χ0n) is 22.6. The SMILES string of the molecule is COc1cccc2cc(C(=O)C3=C(O)C(=O)N(Cc4ccc(C(=O)OC(C)C)cc4)C3c3cccc(C)c3)oc12. The zero-order valence-corrected chi connectivity index (χ0v) is 22.6. The fourth-order valence-electron chi connectivity index (χ4n) is 4.90. The second-order valence-electron chi connectivity index (χ2n) is 9.98. The van der Waals surface area contributed by atoms with Crippen molar-refractivity contribution in [2.75, 3.05) is 7.11 Å². The molecule has 2 heterocycles. The Balaban J connectivity index is 1.52. The Morgan fingerprint density at radius 1 is 1.02 bits per heavy atom. The molecule has 1 amide bonds. The van der Waals surface area contributed by atoms with Gasteiger partial charge >= 0.3 is 5.97 Å². The van der Waals surface area contributed by atoms with E-state index < -0.39 is 29.5 Å². The van der Waals surface area contributed by atoms with Gasteiger partial charge in [0.2, 0.25) is 5.78 Å². The minimum absolute atomic E-state index is 0.0126. The van der Waals surface area contributed by atoms with Crippen molar-refractivity contribution in [3.8, 4) is 5.75 Å². The predicted molar refractivity (Wildman–Crippen MR) is 148 cm³/mol. The summed E-state index contributed by atoms with van der Waals surface area (Å²) in [6, 6.07) is 20.2. The number of aliphatic hydroxyl groups is 1. The van der Waals surface area contributed by atoms with E-state index in [4.69, 9.17) is 13.9 Å². The van der Waals surface area contributed by atoms with Gasteiger partial charge in [-0.05, 0) is 56.2 Å². The van der Waals surface area contributed by atoms with Crippen LogP contribution in [0, 0.1) is 6.92 Å². The van der Waals surface area contributed by atoms with Gasteiger partial charge in [-0.1, -0.05) is 54.1 Å². The highest BCUT2D eigenvalue weighted by Gasteiger charge is 2.44. The number of carbonyl (C=O) groups excluding carboxylic acids is 3. The van der Waals surface area contributed by atoms with E-state index in [2.05, 4.69) is 0 Å². The molecule has 5 rings (SSSR count). The van der Waals surface area contributed by atoms with Crippen molar-refractivity contribution in [2.45, 2.75) is 39.5 Å². The van der Waals surface area contributed by atoms with E-state index in [9.17, 15) is 19.5 Å². The lowest BCUT2D eigenvalue weighted by molar-refractivity contribution is -0.130. The smallest absolute Gasteiger partial charge is 0.338 e. The van der Waals surface area contributed by atoms with Crippen LogP contribution in [0.15, 0.2) is 88.5 Å². The number of hydrogen-bond acceptors (Lipinski definition) is 7. The number of amides is 1. The molecule has 1 atom stereocenters. The summed E-state index contributed by atoms with van der Waals surface area (Å²) in [4.78, 5) is 41.0. The van der Waals surface area contributed by atoms with Crippen LogP contribution in [0.3, 0.4) is 0 Å². The molecule has 8 nitrogen and oxygen atoms in total. The van der Waals surface area contributed by atoms with Gasteiger partial charge < -0.3 is 23.9 Å². The molecule has 1 aliphatic rings. The first-order valence-corrected chi connectivity index (χ1v) is 12.9. The van der Waals surface area contributed by atoms with Gasteiger partial charge in [-0.3, -0.25) is 9.59 Å². The lowest BCUT2D eigenvalue weighted by Crippen LogP contribution is -2.30. The number of methoxy groups -OCH3 is 1. The van der Waals surface area contributed by atoms with E-state index >= 15 is 0 Å². The third-order valence-corrected chi connectivity index (χ3v) is 6.74. The molecule has 0 saturated carbocycles. The standard InChI is InChI=1S/C32H29NO7/c1-18(2)39-32(37)21-13-11-20(12-14-21)17-33-27(22-8-5-7-19(3)15-22)26(29(35)31(33)36)28(34)25-16-23-9-6-10-24(38-4)30(23)40-25/h5-16,18,27,35H,17H2,1-4H3. The Bertz CT molecular complexity index is 1650. The van der Waals surface area contributed by atoms with Crippen LogP contribution in [0.25, 0.3) is 11.0 Å². The van der Waals surface area contributed by atoms with Gasteiger partial charge in [0.05, 0.1) is 30.4 Å². The van der Waals surface area contributed by atoms with Crippen LogP contribution in [0.4, 0.5) is 0 Å². The average Bonchev–Trinajstić information content (AvgIpc) is 3.48. The number of aliphatic hydroxyl groups excluding tert-OH is 1. The summed E-state index contributed by atoms with van der Waals surface area (Å²) in [6.07, 6.45) is -0.248. The number of nitrogens with zero attached hydrogens (tertiary/aromatic N) is 1. The van der Waals surface area contributed by atoms with Crippen molar-refractivity contribution in [3.05, 3.63) is 112 Å². The Hall–Kier alpha value is -4.85. The molecule has 0 radical (unpaired) electrons. The average molecular weight is 540 g/mol. The van der Waals surface area contributed by atoms with Crippen LogP contribution in [-0.4, -0.2) is 40.9 Å². The zero-order chi connectivity index (χ0) is 28.6. The van der Waals surface area contributed by atoms with Crippen molar-refractivity contribution in [3.63, 3.8) is 0 Å². The number of hydrogen-bond donors (Lipinski definition) is 1. The largest absolute Gasteiger partial charge is 0.503 e. The molecule has 8 heteroatoms. The Labute approximate surface area is 231 Å². The fraction of sp³-hybridized carbons (Fsp3) is 0.219. The summed E-state index contributed by atoms with van der Waals surface area (Å²) in [5.74, 6) is -1.87. The normalized spacial score (nSPS) is 15.3. The van der Waals surface area contributed by atoms with Crippen LogP contribution in [0.2, 0.25) is 0 Å². The highest BCUT2D eigenvalue weighted by atomic mass is 16.5. The number of aryl methyl sites for hydroxylation is 1. The maximum absolute atomic E-state index is 13.9. The van der Waals surface area contributed by atoms with E-state index in [1.54, 1.807) is 62.4 Å². The highest BCUT2D eigenvalue weighted by Crippen LogP contribution is 2.41. The molecular formula is C32H29NO7. The Kier molecular flexibility index (Phi) is 7.17. The van der Waals surface area contributed by atoms with Crippen LogP contribution in [-0.2, 0) is 16.1 Å². The van der Waals surface area contributed by atoms with E-state index in [1.807, 2.05) is 31.2 Å². The van der Waals surface area contributed by atoms with Crippen LogP contribution < -0.4 is 4.74 Å². The van der Waals surface area contributed by atoms with Crippen LogP contribution >= 0.6 is 0 Å². The van der Waals surface area contributed by atoms with Gasteiger partial charge in [0.25, 0.3) is 5.91 Å². The van der Waals surface area contributed by atoms with Gasteiger partial charge in [-0.15, -0.1) is 0 Å². The van der Waals surface area contributed by atoms with Crippen molar-refractivity contribution >= 4 is 28.6 Å². The number of furan rings is 1. The van der Waals surface area contributed by atoms with Crippen molar-refractivity contribution in [1.29, 1.82) is 0 Å². The predicted octanol–water partition coefficient (Wildman–Crippen LogP) is 6.09. The maximum atomic E-state index is 13.9. The molecule has 1 unspecified atom stereocenters. The van der Waals surface area contributed by atoms with E-state index in [1.165, 1.54) is 12.0 Å². The first kappa shape index (κ1) is 26.7. The number of ketones is 1. The van der Waals surface area contributed by atoms with Crippen molar-refractivity contribution < 1.29 is 33.4 Å². The number of fused-ring (bicyclic) bond motifs is 1. The molecule has 0 fully saturated rings. The first-order valence-electron chi connectivity index (χ1n) is 12.9. The van der Waals surface area contributed by atoms with Crippen LogP contribution in [0.1, 0.15) is 57.5 Å². The first-order chi connectivity index (χ1) is 19.2. The van der Waals surface area contributed by atoms with Crippen LogP contribution in [0.5, 0.6) is 5.75 Å². The number of benzene rings is 3. The molecule has 0 spiro atoms. The molecule has 4 aromatic rings. The number of esters is 1. The monoisotopic (exact) mass is 539 g/mol. The third kappa shape index (κ3) is 4.96. The molecule has 0 bridgehead atoms. The van der Waals surface area contributed by atoms with Gasteiger partial charge in [-0.25, -0.2) is 4.79 Å². The maximum Gasteiger partial charge on any atom is 0.338 e. The minimum Gasteiger partial charge on any atom is -0.503 e. The Morgan fingerprint density at radius 2 is 1.75 bits per heavy atom. The summed E-state index contributed by atoms with van der Waals surface area (Å²) in [7, 11) is 1.51. The number of para-hydroxylation sites is 1. The lowest BCUT2D eigenvalue weighted by atomic mass is 9.94. The Morgan fingerprint density at radius 3 is 2.42 bits per heavy atom. The second kappa shape index (κ2) is 10.7. The number of ether oxygens (including phenoxy) is 2. The molecule has 1 N–H and O–H groups in total. The lowest BCUT2D eigenvalue weighted by Gasteiger charge is -2.27. The number of carbonyl (C=O) groups is 3. The molecule has 204 valence electrons. The third-order valence-electron chi connectivity index (χ3n) is 6.74. The molecular weight excluding hydrogens is 510 g/mol. The van der Waals surface area contributed by atoms with Gasteiger partial charge in [-0.2, -0.15) is 0 Å². The summed E-state index contributed by atoms with van der Waals surface area (Å²) in [5, 5.41) is 11.7. The molecule has 1 aromatic heterocycles. The number of rotatable bonds is 8. The van der Waals surface area contributed by atoms with E-state index in [0.717, 1.165) is 5.56 Å². The van der Waals surface area contributed by atoms with Gasteiger partial charge in [0.15, 0.2) is 22.9 Å². The molecule has 40 heavy (non-hydrogen) atoms. The topological polar surface area (TPSA) is 106 Å². The number of Topliss-reactive ketones (excluding diaryl/α,β-unsaturated/α-hetero) is 1. The van der Waals surface area contributed by atoms with E-state index in [-0.39, 0.29) is 24.0 Å². The van der Waals surface area contributed by atoms with Gasteiger partial charge in [0, 0.05) is 11.9 Å². The fourth-order valence-corrected chi connectivity index (χ4v) is 4.90. The molecule has 1 aliphatic heterocycles. The molecule has 0 aliphatic carbocycles. The van der Waals surface area contributed by atoms with Gasteiger partial charge in [0.1, 0.15) is 0 Å². The summed E-state index contributed by atoms with van der Waals surface area (Å²) in [5.41, 5.74) is 3.04.